The van der Waals surface area contributed by atoms with Gasteiger partial charge in [0.15, 0.2) is 5.56 Å². The van der Waals surface area contributed by atoms with Crippen molar-refractivity contribution in [3.8, 4) is 5.75 Å². The van der Waals surface area contributed by atoms with Gasteiger partial charge < -0.3 is 10.1 Å². The molecule has 0 aliphatic rings. The summed E-state index contributed by atoms with van der Waals surface area (Å²) in [5, 5.41) is 2.71. The summed E-state index contributed by atoms with van der Waals surface area (Å²) in [7, 11) is 1.39. The number of nitrogens with one attached hydrogen (secondary N) is 1. The van der Waals surface area contributed by atoms with E-state index in [1.165, 1.54) is 19.2 Å². The lowest BCUT2D eigenvalue weighted by molar-refractivity contribution is 0.0732. The van der Waals surface area contributed by atoms with E-state index in [9.17, 15) is 18.8 Å². The first-order valence-electron chi connectivity index (χ1n) is 8.66. The summed E-state index contributed by atoms with van der Waals surface area (Å²) in [5.41, 5.74) is -1.83. The van der Waals surface area contributed by atoms with Crippen LogP contribution < -0.4 is 21.3 Å². The van der Waals surface area contributed by atoms with E-state index < -0.39 is 28.6 Å². The molecule has 0 atom stereocenters. The van der Waals surface area contributed by atoms with Gasteiger partial charge in [-0.05, 0) is 59.8 Å². The van der Waals surface area contributed by atoms with Gasteiger partial charge in [0.1, 0.15) is 17.4 Å². The van der Waals surface area contributed by atoms with Gasteiger partial charge in [-0.3, -0.25) is 13.9 Å². The number of anilines is 2. The minimum absolute atomic E-state index is 0.0165. The van der Waals surface area contributed by atoms with Gasteiger partial charge in [-0.15, -0.1) is 0 Å². The predicted molar refractivity (Wildman–Crippen MR) is 115 cm³/mol. The van der Waals surface area contributed by atoms with Crippen LogP contribution in [0.2, 0.25) is 0 Å². The molecule has 0 spiro atoms. The van der Waals surface area contributed by atoms with Crippen LogP contribution in [0, 0.1) is 9.39 Å². The quantitative estimate of drug-likeness (QED) is 0.325. The minimum Gasteiger partial charge on any atom is -0.423 e. The molecule has 9 heteroatoms. The molecule has 0 saturated heterocycles. The summed E-state index contributed by atoms with van der Waals surface area (Å²) < 4.78 is 22.3. The number of carbonyl (C=O) groups excluding carboxylic acids is 1. The van der Waals surface area contributed by atoms with E-state index >= 15 is 0 Å². The number of esters is 1. The van der Waals surface area contributed by atoms with Crippen LogP contribution in [0.1, 0.15) is 17.3 Å². The second-order valence-electron chi connectivity index (χ2n) is 6.07. The topological polar surface area (TPSA) is 82.3 Å². The Balaban J connectivity index is 2.17. The van der Waals surface area contributed by atoms with Crippen molar-refractivity contribution in [2.45, 2.75) is 13.5 Å². The van der Waals surface area contributed by atoms with E-state index in [0.29, 0.717) is 3.57 Å². The Morgan fingerprint density at radius 1 is 1.17 bits per heavy atom. The number of rotatable bonds is 5. The Morgan fingerprint density at radius 3 is 2.48 bits per heavy atom. The zero-order chi connectivity index (χ0) is 21.1. The van der Waals surface area contributed by atoms with E-state index in [-0.39, 0.29) is 23.8 Å². The Hall–Kier alpha value is -2.95. The van der Waals surface area contributed by atoms with Crippen molar-refractivity contribution in [3.63, 3.8) is 0 Å². The van der Waals surface area contributed by atoms with Crippen molar-refractivity contribution in [1.82, 2.24) is 9.13 Å². The van der Waals surface area contributed by atoms with Gasteiger partial charge in [0.05, 0.1) is 5.69 Å². The standard InChI is InChI=1S/C20H17FIN3O4/c1-3-25-18(26)16(19(27)29-13-7-5-4-6-8-13)17(24(2)20(25)28)23-15-10-9-12(22)11-14(15)21/h4-11,23H,3H2,1-2H3. The first-order chi connectivity index (χ1) is 13.8. The van der Waals surface area contributed by atoms with Crippen LogP contribution in [-0.2, 0) is 13.6 Å². The highest BCUT2D eigenvalue weighted by Crippen LogP contribution is 2.23. The maximum atomic E-state index is 14.3. The highest BCUT2D eigenvalue weighted by Gasteiger charge is 2.25. The molecule has 3 aromatic rings. The Kier molecular flexibility index (Phi) is 6.16. The van der Waals surface area contributed by atoms with Gasteiger partial charge in [0, 0.05) is 17.2 Å². The Bertz CT molecular complexity index is 1190. The summed E-state index contributed by atoms with van der Waals surface area (Å²) >= 11 is 1.96. The fourth-order valence-electron chi connectivity index (χ4n) is 2.74. The third-order valence-corrected chi connectivity index (χ3v) is 4.88. The number of nitrogens with zero attached hydrogens (tertiary/aromatic N) is 2. The van der Waals surface area contributed by atoms with Gasteiger partial charge in [-0.1, -0.05) is 18.2 Å². The van der Waals surface area contributed by atoms with Crippen molar-refractivity contribution in [2.24, 2.45) is 7.05 Å². The van der Waals surface area contributed by atoms with Gasteiger partial charge >= 0.3 is 11.7 Å². The van der Waals surface area contributed by atoms with E-state index in [0.717, 1.165) is 9.13 Å². The number of benzene rings is 2. The first kappa shape index (κ1) is 20.8. The molecule has 1 aromatic heterocycles. The van der Waals surface area contributed by atoms with Crippen molar-refractivity contribution < 1.29 is 13.9 Å². The summed E-state index contributed by atoms with van der Waals surface area (Å²) in [4.78, 5) is 38.2. The molecule has 0 aliphatic heterocycles. The summed E-state index contributed by atoms with van der Waals surface area (Å²) in [6, 6.07) is 12.6. The lowest BCUT2D eigenvalue weighted by Crippen LogP contribution is -2.43. The van der Waals surface area contributed by atoms with Crippen LogP contribution in [0.5, 0.6) is 5.75 Å². The van der Waals surface area contributed by atoms with E-state index in [2.05, 4.69) is 5.32 Å². The van der Waals surface area contributed by atoms with Crippen LogP contribution >= 0.6 is 22.6 Å². The Labute approximate surface area is 178 Å². The van der Waals surface area contributed by atoms with Crippen LogP contribution in [-0.4, -0.2) is 15.1 Å². The number of ether oxygens (including phenoxy) is 1. The Morgan fingerprint density at radius 2 is 1.86 bits per heavy atom. The molecule has 0 unspecified atom stereocenters. The molecule has 0 fully saturated rings. The minimum atomic E-state index is -0.951. The van der Waals surface area contributed by atoms with Crippen molar-refractivity contribution in [3.05, 3.63) is 84.3 Å². The summed E-state index contributed by atoms with van der Waals surface area (Å²) in [6.45, 7) is 1.68. The fourth-order valence-corrected chi connectivity index (χ4v) is 3.19. The summed E-state index contributed by atoms with van der Waals surface area (Å²) in [6.07, 6.45) is 0. The fraction of sp³-hybridized carbons (Fsp3) is 0.150. The molecule has 1 heterocycles. The average Bonchev–Trinajstić information content (AvgIpc) is 2.69. The zero-order valence-corrected chi connectivity index (χ0v) is 17.8. The van der Waals surface area contributed by atoms with Crippen molar-refractivity contribution >= 4 is 40.1 Å². The van der Waals surface area contributed by atoms with Crippen molar-refractivity contribution in [2.75, 3.05) is 5.32 Å². The van der Waals surface area contributed by atoms with E-state index in [1.807, 2.05) is 22.6 Å². The van der Waals surface area contributed by atoms with Crippen LogP contribution in [0.25, 0.3) is 0 Å². The summed E-state index contributed by atoms with van der Waals surface area (Å²) in [5.74, 6) is -1.45. The maximum absolute atomic E-state index is 14.3. The zero-order valence-electron chi connectivity index (χ0n) is 15.6. The molecule has 0 bridgehead atoms. The van der Waals surface area contributed by atoms with Crippen LogP contribution in [0.15, 0.2) is 58.1 Å². The lowest BCUT2D eigenvalue weighted by Gasteiger charge is -2.17. The second-order valence-corrected chi connectivity index (χ2v) is 7.31. The van der Waals surface area contributed by atoms with Gasteiger partial charge in [0.2, 0.25) is 0 Å². The number of carbonyl (C=O) groups is 1. The lowest BCUT2D eigenvalue weighted by atomic mass is 10.2. The van der Waals surface area contributed by atoms with E-state index in [1.54, 1.807) is 43.3 Å². The second kappa shape index (κ2) is 8.60. The maximum Gasteiger partial charge on any atom is 0.352 e. The molecular weight excluding hydrogens is 492 g/mol. The number of para-hydroxylation sites is 1. The molecule has 0 aliphatic carbocycles. The molecule has 29 heavy (non-hydrogen) atoms. The number of halogens is 2. The molecule has 0 radical (unpaired) electrons. The van der Waals surface area contributed by atoms with Crippen LogP contribution in [0.4, 0.5) is 15.9 Å². The monoisotopic (exact) mass is 509 g/mol. The number of aromatic nitrogens is 2. The van der Waals surface area contributed by atoms with Gasteiger partial charge in [0.25, 0.3) is 5.56 Å². The predicted octanol–water partition coefficient (Wildman–Crippen LogP) is 3.27. The number of hydrogen-bond acceptors (Lipinski definition) is 5. The molecule has 150 valence electrons. The molecule has 2 aromatic carbocycles. The highest BCUT2D eigenvalue weighted by molar-refractivity contribution is 14.1. The third kappa shape index (κ3) is 4.24. The third-order valence-electron chi connectivity index (χ3n) is 4.21. The molecule has 3 rings (SSSR count). The number of hydrogen-bond donors (Lipinski definition) is 1. The first-order valence-corrected chi connectivity index (χ1v) is 9.74. The van der Waals surface area contributed by atoms with E-state index in [4.69, 9.17) is 4.74 Å². The average molecular weight is 509 g/mol. The SMILES string of the molecule is CCn1c(=O)c(C(=O)Oc2ccccc2)c(Nc2ccc(I)cc2F)n(C)c1=O. The smallest absolute Gasteiger partial charge is 0.352 e. The molecular formula is C20H17FIN3O4. The normalized spacial score (nSPS) is 10.6. The van der Waals surface area contributed by atoms with Gasteiger partial charge in [-0.2, -0.15) is 0 Å². The molecule has 7 nitrogen and oxygen atoms in total. The molecule has 0 amide bonds. The van der Waals surface area contributed by atoms with Gasteiger partial charge in [-0.25, -0.2) is 14.0 Å². The van der Waals surface area contributed by atoms with Crippen LogP contribution in [0.3, 0.4) is 0 Å². The highest BCUT2D eigenvalue weighted by atomic mass is 127. The molecule has 1 N–H and O–H groups in total. The molecule has 0 saturated carbocycles. The van der Waals surface area contributed by atoms with Crippen molar-refractivity contribution in [1.29, 1.82) is 0 Å². The largest absolute Gasteiger partial charge is 0.423 e.